The molecule has 1 atom stereocenters. The molecule has 0 bridgehead atoms. The van der Waals surface area contributed by atoms with Gasteiger partial charge in [-0.3, -0.25) is 4.79 Å². The quantitative estimate of drug-likeness (QED) is 0.351. The Balaban J connectivity index is 1.41. The van der Waals surface area contributed by atoms with Crippen molar-refractivity contribution < 1.29 is 19.1 Å². The van der Waals surface area contributed by atoms with E-state index in [0.29, 0.717) is 32.7 Å². The fourth-order valence-electron chi connectivity index (χ4n) is 4.24. The molecule has 0 radical (unpaired) electrons. The normalized spacial score (nSPS) is 14.5. The Kier molecular flexibility index (Phi) is 10.5. The van der Waals surface area contributed by atoms with Gasteiger partial charge in [0.15, 0.2) is 0 Å². The minimum Gasteiger partial charge on any atom is -0.444 e. The number of benzene rings is 2. The molecule has 8 heteroatoms. The Morgan fingerprint density at radius 3 is 2.18 bits per heavy atom. The molecule has 0 aromatic heterocycles. The van der Waals surface area contributed by atoms with Crippen LogP contribution < -0.4 is 10.2 Å². The van der Waals surface area contributed by atoms with E-state index in [0.717, 1.165) is 41.9 Å². The summed E-state index contributed by atoms with van der Waals surface area (Å²) in [6, 6.07) is 18.8. The van der Waals surface area contributed by atoms with Crippen LogP contribution in [0, 0.1) is 17.2 Å². The zero-order chi connectivity index (χ0) is 27.5. The molecule has 1 fully saturated rings. The minimum atomic E-state index is -0.478. The number of hydrogen-bond acceptors (Lipinski definition) is 6. The summed E-state index contributed by atoms with van der Waals surface area (Å²) in [6.45, 7) is 11.7. The number of amides is 2. The molecule has 0 aliphatic carbocycles. The van der Waals surface area contributed by atoms with Crippen molar-refractivity contribution in [3.05, 3.63) is 54.1 Å². The van der Waals surface area contributed by atoms with Gasteiger partial charge in [0.1, 0.15) is 12.1 Å². The lowest BCUT2D eigenvalue weighted by atomic mass is 10.0. The van der Waals surface area contributed by atoms with Gasteiger partial charge in [-0.15, -0.1) is 0 Å². The number of anilines is 1. The number of nitrogens with zero attached hydrogens (tertiary/aromatic N) is 3. The van der Waals surface area contributed by atoms with Gasteiger partial charge in [0.2, 0.25) is 5.91 Å². The van der Waals surface area contributed by atoms with Crippen molar-refractivity contribution in [2.45, 2.75) is 52.7 Å². The molecule has 1 saturated heterocycles. The van der Waals surface area contributed by atoms with Gasteiger partial charge in [-0.2, -0.15) is 5.26 Å². The molecule has 2 amide bonds. The fourth-order valence-corrected chi connectivity index (χ4v) is 4.24. The predicted octanol–water partition coefficient (Wildman–Crippen LogP) is 4.98. The lowest BCUT2D eigenvalue weighted by Gasteiger charge is -2.36. The molecule has 0 spiro atoms. The van der Waals surface area contributed by atoms with Crippen LogP contribution in [0.2, 0.25) is 0 Å². The van der Waals surface area contributed by atoms with Crippen LogP contribution in [0.25, 0.3) is 11.1 Å². The summed E-state index contributed by atoms with van der Waals surface area (Å²) >= 11 is 0. The van der Waals surface area contributed by atoms with Crippen molar-refractivity contribution >= 4 is 17.7 Å². The highest BCUT2D eigenvalue weighted by atomic mass is 16.6. The van der Waals surface area contributed by atoms with Gasteiger partial charge < -0.3 is 24.6 Å². The lowest BCUT2D eigenvalue weighted by molar-refractivity contribution is -0.121. The maximum atomic E-state index is 12.3. The fraction of sp³-hybridized carbons (Fsp3) is 0.500. The van der Waals surface area contributed by atoms with Crippen LogP contribution >= 0.6 is 0 Å². The molecule has 1 aliphatic heterocycles. The number of piperazine rings is 1. The molecule has 8 nitrogen and oxygen atoms in total. The van der Waals surface area contributed by atoms with Crippen molar-refractivity contribution in [2.75, 3.05) is 44.2 Å². The van der Waals surface area contributed by atoms with E-state index < -0.39 is 5.60 Å². The third-order valence-electron chi connectivity index (χ3n) is 6.37. The maximum Gasteiger partial charge on any atom is 0.410 e. The molecule has 1 aliphatic rings. The number of nitriles is 1. The van der Waals surface area contributed by atoms with Crippen LogP contribution in [0.3, 0.4) is 0 Å². The lowest BCUT2D eigenvalue weighted by Crippen LogP contribution is -2.50. The van der Waals surface area contributed by atoms with Gasteiger partial charge in [-0.1, -0.05) is 43.3 Å². The second kappa shape index (κ2) is 13.8. The summed E-state index contributed by atoms with van der Waals surface area (Å²) in [7, 11) is 0. The summed E-state index contributed by atoms with van der Waals surface area (Å²) in [4.78, 5) is 28.0. The van der Waals surface area contributed by atoms with Crippen molar-refractivity contribution in [2.24, 2.45) is 5.92 Å². The van der Waals surface area contributed by atoms with E-state index in [9.17, 15) is 9.59 Å². The first-order valence-electron chi connectivity index (χ1n) is 13.3. The van der Waals surface area contributed by atoms with Gasteiger partial charge >= 0.3 is 6.09 Å². The monoisotopic (exact) mass is 520 g/mol. The standard InChI is InChI=1S/C30H40N4O4/c1-23(21-28(35)32-15-14-31)13-20-37-22-24-5-7-25(8-6-24)26-9-11-27(12-10-26)33-16-18-34(19-17-33)29(36)38-30(2,3)4/h5-12,23H,13,15-22H2,1-4H3,(H,32,35). The molecule has 2 aromatic rings. The van der Waals surface area contributed by atoms with Crippen LogP contribution in [-0.2, 0) is 20.9 Å². The zero-order valence-corrected chi connectivity index (χ0v) is 23.0. The van der Waals surface area contributed by atoms with E-state index in [2.05, 4.69) is 58.7 Å². The van der Waals surface area contributed by atoms with Gasteiger partial charge in [0.25, 0.3) is 0 Å². The van der Waals surface area contributed by atoms with Crippen LogP contribution in [0.15, 0.2) is 48.5 Å². The summed E-state index contributed by atoms with van der Waals surface area (Å²) in [6.07, 6.45) is 0.953. The van der Waals surface area contributed by atoms with E-state index >= 15 is 0 Å². The molecule has 0 saturated carbocycles. The Morgan fingerprint density at radius 2 is 1.61 bits per heavy atom. The number of hydrogen-bond donors (Lipinski definition) is 1. The average Bonchev–Trinajstić information content (AvgIpc) is 2.89. The first-order valence-corrected chi connectivity index (χ1v) is 13.3. The minimum absolute atomic E-state index is 0.0525. The Labute approximate surface area is 226 Å². The van der Waals surface area contributed by atoms with Crippen LogP contribution in [-0.4, -0.2) is 61.8 Å². The molecule has 2 aromatic carbocycles. The first-order chi connectivity index (χ1) is 18.1. The van der Waals surface area contributed by atoms with Crippen molar-refractivity contribution in [3.8, 4) is 17.2 Å². The third-order valence-corrected chi connectivity index (χ3v) is 6.37. The van der Waals surface area contributed by atoms with Gasteiger partial charge in [-0.05, 0) is 61.9 Å². The van der Waals surface area contributed by atoms with E-state index in [-0.39, 0.29) is 24.5 Å². The number of rotatable bonds is 10. The first kappa shape index (κ1) is 29.0. The van der Waals surface area contributed by atoms with Crippen LogP contribution in [0.5, 0.6) is 0 Å². The highest BCUT2D eigenvalue weighted by Gasteiger charge is 2.26. The molecule has 204 valence electrons. The van der Waals surface area contributed by atoms with Crippen molar-refractivity contribution in [1.82, 2.24) is 10.2 Å². The van der Waals surface area contributed by atoms with Crippen LogP contribution in [0.4, 0.5) is 10.5 Å². The highest BCUT2D eigenvalue weighted by molar-refractivity contribution is 5.76. The number of carbonyl (C=O) groups excluding carboxylic acids is 2. The molecule has 1 unspecified atom stereocenters. The maximum absolute atomic E-state index is 12.3. The number of ether oxygens (including phenoxy) is 2. The number of nitrogens with one attached hydrogen (secondary N) is 1. The Bertz CT molecular complexity index is 1080. The SMILES string of the molecule is CC(CCOCc1ccc(-c2ccc(N3CCN(C(=O)OC(C)(C)C)CC3)cc2)cc1)CC(=O)NCC#N. The van der Waals surface area contributed by atoms with Crippen molar-refractivity contribution in [3.63, 3.8) is 0 Å². The molecular weight excluding hydrogens is 480 g/mol. The second-order valence-corrected chi connectivity index (χ2v) is 10.8. The van der Waals surface area contributed by atoms with E-state index in [1.165, 1.54) is 0 Å². The summed E-state index contributed by atoms with van der Waals surface area (Å²) in [5, 5.41) is 11.1. The number of carbonyl (C=O) groups is 2. The third kappa shape index (κ3) is 9.38. The van der Waals surface area contributed by atoms with Gasteiger partial charge in [0.05, 0.1) is 12.7 Å². The largest absolute Gasteiger partial charge is 0.444 e. The Hall–Kier alpha value is -3.57. The smallest absolute Gasteiger partial charge is 0.410 e. The van der Waals surface area contributed by atoms with E-state index in [4.69, 9.17) is 14.7 Å². The molecule has 1 N–H and O–H groups in total. The molecule has 38 heavy (non-hydrogen) atoms. The van der Waals surface area contributed by atoms with Crippen molar-refractivity contribution in [1.29, 1.82) is 5.26 Å². The molecule has 1 heterocycles. The zero-order valence-electron chi connectivity index (χ0n) is 23.0. The summed E-state index contributed by atoms with van der Waals surface area (Å²) in [5.41, 5.74) is 4.07. The predicted molar refractivity (Wildman–Crippen MR) is 149 cm³/mol. The highest BCUT2D eigenvalue weighted by Crippen LogP contribution is 2.25. The Morgan fingerprint density at radius 1 is 1.00 bits per heavy atom. The van der Waals surface area contributed by atoms with E-state index in [1.807, 2.05) is 33.8 Å². The average molecular weight is 521 g/mol. The second-order valence-electron chi connectivity index (χ2n) is 10.8. The molecular formula is C30H40N4O4. The summed E-state index contributed by atoms with van der Waals surface area (Å²) < 4.78 is 11.3. The summed E-state index contributed by atoms with van der Waals surface area (Å²) in [5.74, 6) is 0.108. The van der Waals surface area contributed by atoms with Gasteiger partial charge in [0, 0.05) is 44.9 Å². The van der Waals surface area contributed by atoms with Gasteiger partial charge in [-0.25, -0.2) is 4.79 Å². The van der Waals surface area contributed by atoms with E-state index in [1.54, 1.807) is 4.90 Å². The molecule has 3 rings (SSSR count). The van der Waals surface area contributed by atoms with Crippen LogP contribution in [0.1, 0.15) is 46.1 Å². The topological polar surface area (TPSA) is 94.9 Å².